The minimum atomic E-state index is -1.44. The standard InChI is InChI=1S/C26H29NO3S/c1-4-30-26(28)18-25(27-31(29)24-15-9-19(2)10-16-24)22-13-11-21(12-14-22)17-23-8-6-5-7-20(23)3/h5-16,25,27H,4,17-18H2,1-3H3/t25-,31+/m0/s1. The highest BCUT2D eigenvalue weighted by molar-refractivity contribution is 7.83. The lowest BCUT2D eigenvalue weighted by atomic mass is 9.98. The van der Waals surface area contributed by atoms with Gasteiger partial charge in [0.05, 0.1) is 24.0 Å². The molecule has 2 atom stereocenters. The van der Waals surface area contributed by atoms with Crippen molar-refractivity contribution in [2.75, 3.05) is 6.61 Å². The fraction of sp³-hybridized carbons (Fsp3) is 0.269. The molecule has 3 rings (SSSR count). The molecule has 1 N–H and O–H groups in total. The van der Waals surface area contributed by atoms with Crippen LogP contribution in [0.5, 0.6) is 0 Å². The maximum Gasteiger partial charge on any atom is 0.307 e. The summed E-state index contributed by atoms with van der Waals surface area (Å²) in [5.74, 6) is -0.315. The first kappa shape index (κ1) is 22.9. The molecule has 0 saturated carbocycles. The molecule has 5 heteroatoms. The van der Waals surface area contributed by atoms with Crippen LogP contribution < -0.4 is 4.72 Å². The summed E-state index contributed by atoms with van der Waals surface area (Å²) in [4.78, 5) is 12.9. The van der Waals surface area contributed by atoms with E-state index in [4.69, 9.17) is 4.74 Å². The molecule has 0 aliphatic rings. The van der Waals surface area contributed by atoms with Crippen LogP contribution in [0.1, 0.15) is 47.2 Å². The van der Waals surface area contributed by atoms with Crippen LogP contribution in [0.25, 0.3) is 0 Å². The third-order valence-corrected chi connectivity index (χ3v) is 6.40. The fourth-order valence-corrected chi connectivity index (χ4v) is 4.37. The summed E-state index contributed by atoms with van der Waals surface area (Å²) in [5, 5.41) is 0. The van der Waals surface area contributed by atoms with Crippen LogP contribution in [-0.4, -0.2) is 16.8 Å². The number of hydrogen-bond donors (Lipinski definition) is 1. The van der Waals surface area contributed by atoms with E-state index in [1.165, 1.54) is 16.7 Å². The van der Waals surface area contributed by atoms with Gasteiger partial charge in [0, 0.05) is 0 Å². The number of carbonyl (C=O) groups is 1. The van der Waals surface area contributed by atoms with E-state index < -0.39 is 17.0 Å². The summed E-state index contributed by atoms with van der Waals surface area (Å²) in [6.07, 6.45) is 0.959. The lowest BCUT2D eigenvalue weighted by molar-refractivity contribution is -0.143. The van der Waals surface area contributed by atoms with Gasteiger partial charge in [0.1, 0.15) is 11.0 Å². The molecule has 0 unspecified atom stereocenters. The van der Waals surface area contributed by atoms with Gasteiger partial charge in [-0.05, 0) is 61.6 Å². The maximum atomic E-state index is 12.9. The average Bonchev–Trinajstić information content (AvgIpc) is 2.76. The van der Waals surface area contributed by atoms with Crippen LogP contribution in [0.2, 0.25) is 0 Å². The Labute approximate surface area is 187 Å². The van der Waals surface area contributed by atoms with Crippen LogP contribution in [0.3, 0.4) is 0 Å². The van der Waals surface area contributed by atoms with Gasteiger partial charge in [-0.1, -0.05) is 66.2 Å². The quantitative estimate of drug-likeness (QED) is 0.470. The second-order valence-corrected chi connectivity index (χ2v) is 8.85. The van der Waals surface area contributed by atoms with Gasteiger partial charge < -0.3 is 4.74 Å². The van der Waals surface area contributed by atoms with Crippen LogP contribution in [0.15, 0.2) is 77.7 Å². The molecule has 0 amide bonds. The van der Waals surface area contributed by atoms with Gasteiger partial charge in [0.2, 0.25) is 0 Å². The minimum Gasteiger partial charge on any atom is -0.466 e. The molecule has 0 radical (unpaired) electrons. The fourth-order valence-electron chi connectivity index (χ4n) is 3.37. The summed E-state index contributed by atoms with van der Waals surface area (Å²) in [5.41, 5.74) is 5.75. The van der Waals surface area contributed by atoms with Crippen molar-refractivity contribution in [3.63, 3.8) is 0 Å². The molecule has 0 heterocycles. The van der Waals surface area contributed by atoms with Gasteiger partial charge in [-0.25, -0.2) is 8.93 Å². The largest absolute Gasteiger partial charge is 0.466 e. The van der Waals surface area contributed by atoms with Gasteiger partial charge in [-0.2, -0.15) is 0 Å². The highest BCUT2D eigenvalue weighted by Crippen LogP contribution is 2.22. The monoisotopic (exact) mass is 435 g/mol. The third kappa shape index (κ3) is 6.61. The van der Waals surface area contributed by atoms with E-state index in [-0.39, 0.29) is 12.4 Å². The molecule has 4 nitrogen and oxygen atoms in total. The predicted octanol–water partition coefficient (Wildman–Crippen LogP) is 5.20. The van der Waals surface area contributed by atoms with Crippen molar-refractivity contribution in [1.29, 1.82) is 0 Å². The summed E-state index contributed by atoms with van der Waals surface area (Å²) in [6, 6.07) is 23.6. The zero-order valence-corrected chi connectivity index (χ0v) is 19.1. The Morgan fingerprint density at radius 2 is 1.65 bits per heavy atom. The minimum absolute atomic E-state index is 0.114. The topological polar surface area (TPSA) is 55.4 Å². The molecule has 0 spiro atoms. The van der Waals surface area contributed by atoms with E-state index in [1.807, 2.05) is 49.4 Å². The molecule has 0 bridgehead atoms. The highest BCUT2D eigenvalue weighted by atomic mass is 32.2. The summed E-state index contributed by atoms with van der Waals surface area (Å²) in [6.45, 7) is 6.21. The van der Waals surface area contributed by atoms with E-state index in [9.17, 15) is 9.00 Å². The Morgan fingerprint density at radius 1 is 0.968 bits per heavy atom. The number of carbonyl (C=O) groups excluding carboxylic acids is 1. The van der Waals surface area contributed by atoms with Crippen molar-refractivity contribution >= 4 is 17.0 Å². The van der Waals surface area contributed by atoms with E-state index in [0.717, 1.165) is 17.5 Å². The van der Waals surface area contributed by atoms with E-state index >= 15 is 0 Å². The van der Waals surface area contributed by atoms with Crippen LogP contribution in [0, 0.1) is 13.8 Å². The number of hydrogen-bond acceptors (Lipinski definition) is 3. The summed E-state index contributed by atoms with van der Waals surface area (Å²) >= 11 is 0. The molecule has 0 aliphatic carbocycles. The first-order valence-corrected chi connectivity index (χ1v) is 11.6. The van der Waals surface area contributed by atoms with Gasteiger partial charge in [0.15, 0.2) is 0 Å². The lowest BCUT2D eigenvalue weighted by Crippen LogP contribution is -2.26. The second kappa shape index (κ2) is 11.0. The van der Waals surface area contributed by atoms with Gasteiger partial charge in [-0.15, -0.1) is 0 Å². The van der Waals surface area contributed by atoms with Crippen LogP contribution in [0.4, 0.5) is 0 Å². The Bertz CT molecular complexity index is 1030. The zero-order chi connectivity index (χ0) is 22.2. The number of esters is 1. The van der Waals surface area contributed by atoms with Crippen LogP contribution in [-0.2, 0) is 26.9 Å². The molecule has 0 fully saturated rings. The maximum absolute atomic E-state index is 12.9. The number of ether oxygens (including phenoxy) is 1. The van der Waals surface area contributed by atoms with Crippen molar-refractivity contribution in [3.05, 3.63) is 101 Å². The molecule has 0 aromatic heterocycles. The smallest absolute Gasteiger partial charge is 0.307 e. The second-order valence-electron chi connectivity index (χ2n) is 7.61. The normalized spacial score (nSPS) is 12.9. The van der Waals surface area contributed by atoms with Crippen molar-refractivity contribution in [3.8, 4) is 0 Å². The first-order valence-electron chi connectivity index (χ1n) is 10.5. The van der Waals surface area contributed by atoms with Gasteiger partial charge in [-0.3, -0.25) is 4.79 Å². The van der Waals surface area contributed by atoms with Gasteiger partial charge >= 0.3 is 5.97 Å². The van der Waals surface area contributed by atoms with E-state index in [2.05, 4.69) is 42.0 Å². The molecule has 3 aromatic carbocycles. The van der Waals surface area contributed by atoms with E-state index in [1.54, 1.807) is 6.92 Å². The van der Waals surface area contributed by atoms with E-state index in [0.29, 0.717) is 11.5 Å². The molecular weight excluding hydrogens is 406 g/mol. The number of nitrogens with one attached hydrogen (secondary N) is 1. The van der Waals surface area contributed by atoms with Crippen molar-refractivity contribution in [1.82, 2.24) is 4.72 Å². The molecule has 0 saturated heterocycles. The molecule has 31 heavy (non-hydrogen) atoms. The zero-order valence-electron chi connectivity index (χ0n) is 18.3. The van der Waals surface area contributed by atoms with Crippen LogP contribution >= 0.6 is 0 Å². The number of rotatable bonds is 9. The van der Waals surface area contributed by atoms with Crippen molar-refractivity contribution in [2.45, 2.75) is 44.6 Å². The number of aryl methyl sites for hydroxylation is 2. The molecule has 162 valence electrons. The SMILES string of the molecule is CCOC(=O)C[C@H](N[S@](=O)c1ccc(C)cc1)c1ccc(Cc2ccccc2C)cc1. The Balaban J connectivity index is 1.77. The summed E-state index contributed by atoms with van der Waals surface area (Å²) < 4.78 is 21.1. The Kier molecular flexibility index (Phi) is 8.15. The first-order chi connectivity index (χ1) is 15.0. The predicted molar refractivity (Wildman–Crippen MR) is 125 cm³/mol. The Hall–Kier alpha value is -2.76. The number of benzene rings is 3. The highest BCUT2D eigenvalue weighted by Gasteiger charge is 2.20. The van der Waals surface area contributed by atoms with Crippen molar-refractivity contribution < 1.29 is 13.7 Å². The third-order valence-electron chi connectivity index (χ3n) is 5.20. The van der Waals surface area contributed by atoms with Gasteiger partial charge in [0.25, 0.3) is 0 Å². The Morgan fingerprint density at radius 3 is 2.29 bits per heavy atom. The summed E-state index contributed by atoms with van der Waals surface area (Å²) in [7, 11) is -1.44. The average molecular weight is 436 g/mol. The molecule has 0 aliphatic heterocycles. The lowest BCUT2D eigenvalue weighted by Gasteiger charge is -2.18. The van der Waals surface area contributed by atoms with Crippen molar-refractivity contribution in [2.24, 2.45) is 0 Å². The molecular formula is C26H29NO3S. The molecule has 3 aromatic rings.